The fraction of sp³-hybridized carbons (Fsp3) is 0.261. The van der Waals surface area contributed by atoms with Crippen LogP contribution in [0.3, 0.4) is 0 Å². The Balaban J connectivity index is 0.00000121. The van der Waals surface area contributed by atoms with Crippen LogP contribution in [0.5, 0.6) is 0 Å². The summed E-state index contributed by atoms with van der Waals surface area (Å²) < 4.78 is 4.11. The molecule has 2 aromatic rings. The van der Waals surface area contributed by atoms with Gasteiger partial charge in [-0.15, -0.1) is 24.8 Å². The van der Waals surface area contributed by atoms with Crippen LogP contribution in [0.1, 0.15) is 49.0 Å². The van der Waals surface area contributed by atoms with Gasteiger partial charge in [0.25, 0.3) is 0 Å². The number of hydrogen-bond acceptors (Lipinski definition) is 0. The first-order chi connectivity index (χ1) is 11.7. The summed E-state index contributed by atoms with van der Waals surface area (Å²) in [6, 6.07) is 18.2. The molecule has 0 saturated carbocycles. The maximum atomic E-state index is 2.39. The van der Waals surface area contributed by atoms with E-state index in [4.69, 9.17) is 0 Å². The van der Waals surface area contributed by atoms with Gasteiger partial charge in [0.1, 0.15) is 0 Å². The molecule has 0 heterocycles. The van der Waals surface area contributed by atoms with Gasteiger partial charge in [-0.3, -0.25) is 0 Å². The third-order valence-electron chi connectivity index (χ3n) is 5.40. The molecule has 0 saturated heterocycles. The molecule has 0 aliphatic heterocycles. The van der Waals surface area contributed by atoms with E-state index < -0.39 is 17.4 Å². The Bertz CT molecular complexity index is 856. The van der Waals surface area contributed by atoms with Crippen molar-refractivity contribution >= 4 is 28.6 Å². The first kappa shape index (κ1) is 21.4. The van der Waals surface area contributed by atoms with Crippen LogP contribution in [0.4, 0.5) is 0 Å². The van der Waals surface area contributed by atoms with Crippen LogP contribution in [-0.2, 0) is 17.4 Å². The van der Waals surface area contributed by atoms with E-state index in [0.29, 0.717) is 4.22 Å². The van der Waals surface area contributed by atoms with Crippen molar-refractivity contribution in [2.75, 3.05) is 0 Å². The molecule has 0 fully saturated rings. The zero-order valence-electron chi connectivity index (χ0n) is 15.6. The van der Waals surface area contributed by atoms with Gasteiger partial charge in [-0.05, 0) is 0 Å². The van der Waals surface area contributed by atoms with E-state index in [9.17, 15) is 0 Å². The van der Waals surface area contributed by atoms with Gasteiger partial charge in [0.15, 0.2) is 0 Å². The largest absolute Gasteiger partial charge is 0.147 e. The molecule has 0 nitrogen and oxygen atoms in total. The number of rotatable bonds is 3. The van der Waals surface area contributed by atoms with Crippen molar-refractivity contribution < 1.29 is 17.4 Å². The molecule has 136 valence electrons. The molecule has 0 amide bonds. The molecular formula is C23H26Cl2Ti. The molecule has 0 bridgehead atoms. The van der Waals surface area contributed by atoms with Crippen LogP contribution in [0.15, 0.2) is 70.1 Å². The average molecular weight is 421 g/mol. The fourth-order valence-corrected chi connectivity index (χ4v) is 10.0. The predicted molar refractivity (Wildman–Crippen MR) is 116 cm³/mol. The minimum atomic E-state index is -1.57. The standard InChI is InChI=1S/C13H9.C7H9.C3H6.2ClH.Ti/c1-3-7-12-10(5-1)9-11-6-2-4-8-13(11)12;1-2-7-5-3-4-6-7;1-3-2;;;/h1-9H;3,5H,2,4H2,1H3;1-2H3;2*1H;. The molecule has 0 radical (unpaired) electrons. The number of fused-ring (bicyclic) bond motifs is 3. The van der Waals surface area contributed by atoms with E-state index in [2.05, 4.69) is 81.5 Å². The van der Waals surface area contributed by atoms with Gasteiger partial charge >= 0.3 is 151 Å². The van der Waals surface area contributed by atoms with Crippen molar-refractivity contribution in [1.82, 2.24) is 0 Å². The second-order valence-corrected chi connectivity index (χ2v) is 11.7. The molecule has 3 heteroatoms. The van der Waals surface area contributed by atoms with Gasteiger partial charge in [0.2, 0.25) is 0 Å². The third kappa shape index (κ3) is 3.46. The van der Waals surface area contributed by atoms with E-state index in [1.54, 1.807) is 24.4 Å². The zero-order valence-corrected chi connectivity index (χ0v) is 18.8. The second-order valence-electron chi connectivity index (χ2n) is 6.99. The Morgan fingerprint density at radius 1 is 0.923 bits per heavy atom. The van der Waals surface area contributed by atoms with E-state index >= 15 is 0 Å². The van der Waals surface area contributed by atoms with Gasteiger partial charge in [0, 0.05) is 0 Å². The normalized spacial score (nSPS) is 14.4. The summed E-state index contributed by atoms with van der Waals surface area (Å²) in [5.41, 5.74) is 7.70. The van der Waals surface area contributed by atoms with Crippen molar-refractivity contribution in [3.8, 4) is 11.1 Å². The SMILES string of the molecule is CCC1=[C]([Ti](=[C](C)C)[CH]2c3ccccc3-c3ccccc32)CC=C1.Cl.Cl. The summed E-state index contributed by atoms with van der Waals surface area (Å²) in [6.45, 7) is 7.08. The molecule has 26 heavy (non-hydrogen) atoms. The predicted octanol–water partition coefficient (Wildman–Crippen LogP) is 7.05. The Kier molecular flexibility index (Phi) is 7.28. The fourth-order valence-electron chi connectivity index (χ4n) is 4.40. The quantitative estimate of drug-likeness (QED) is 0.466. The number of allylic oxidation sites excluding steroid dienone is 4. The van der Waals surface area contributed by atoms with E-state index in [1.165, 1.54) is 24.0 Å². The molecule has 0 unspecified atom stereocenters. The van der Waals surface area contributed by atoms with Crippen LogP contribution in [0.25, 0.3) is 11.1 Å². The van der Waals surface area contributed by atoms with Gasteiger partial charge in [-0.2, -0.15) is 0 Å². The second kappa shape index (κ2) is 8.85. The van der Waals surface area contributed by atoms with Crippen LogP contribution in [0, 0.1) is 0 Å². The minimum absolute atomic E-state index is 0. The summed E-state index contributed by atoms with van der Waals surface area (Å²) >= 11 is -1.57. The maximum absolute atomic E-state index is 2.39. The van der Waals surface area contributed by atoms with Crippen molar-refractivity contribution in [3.05, 3.63) is 81.3 Å². The molecule has 0 N–H and O–H groups in total. The van der Waals surface area contributed by atoms with Gasteiger partial charge in [-0.25, -0.2) is 0 Å². The Morgan fingerprint density at radius 2 is 1.46 bits per heavy atom. The van der Waals surface area contributed by atoms with Crippen LogP contribution in [0.2, 0.25) is 0 Å². The zero-order chi connectivity index (χ0) is 16.7. The molecule has 0 atom stereocenters. The van der Waals surface area contributed by atoms with Crippen LogP contribution < -0.4 is 0 Å². The maximum Gasteiger partial charge on any atom is -0.147 e. The van der Waals surface area contributed by atoms with E-state index in [-0.39, 0.29) is 24.8 Å². The van der Waals surface area contributed by atoms with E-state index in [1.807, 2.05) is 0 Å². The Morgan fingerprint density at radius 3 is 1.96 bits per heavy atom. The first-order valence-corrected chi connectivity index (χ1v) is 11.4. The summed E-state index contributed by atoms with van der Waals surface area (Å²) in [4.78, 5) is 0. The van der Waals surface area contributed by atoms with Crippen LogP contribution in [-0.4, -0.2) is 3.81 Å². The third-order valence-corrected chi connectivity index (χ3v) is 10.8. The summed E-state index contributed by atoms with van der Waals surface area (Å²) in [5, 5.41) is 0. The monoisotopic (exact) mass is 420 g/mol. The molecule has 2 aromatic carbocycles. The Labute approximate surface area is 175 Å². The molecule has 2 aliphatic rings. The first-order valence-electron chi connectivity index (χ1n) is 8.97. The molecule has 0 aromatic heterocycles. The van der Waals surface area contributed by atoms with E-state index in [0.717, 1.165) is 0 Å². The topological polar surface area (TPSA) is 0 Å². The van der Waals surface area contributed by atoms with Crippen molar-refractivity contribution in [2.24, 2.45) is 0 Å². The van der Waals surface area contributed by atoms with Crippen LogP contribution >= 0.6 is 24.8 Å². The molecule has 4 rings (SSSR count). The van der Waals surface area contributed by atoms with Crippen molar-refractivity contribution in [1.29, 1.82) is 0 Å². The summed E-state index contributed by atoms with van der Waals surface area (Å²) in [5.74, 6) is 0. The molecule has 0 spiro atoms. The summed E-state index contributed by atoms with van der Waals surface area (Å²) in [7, 11) is 0. The molecule has 2 aliphatic carbocycles. The minimum Gasteiger partial charge on any atom is -0.147 e. The molecular weight excluding hydrogens is 395 g/mol. The average Bonchev–Trinajstić information content (AvgIpc) is 3.19. The Hall–Kier alpha value is -0.916. The van der Waals surface area contributed by atoms with Crippen molar-refractivity contribution in [3.63, 3.8) is 0 Å². The number of hydrogen-bond donors (Lipinski definition) is 0. The number of halogens is 2. The van der Waals surface area contributed by atoms with Gasteiger partial charge in [0.05, 0.1) is 0 Å². The van der Waals surface area contributed by atoms with Gasteiger partial charge in [-0.1, -0.05) is 0 Å². The van der Waals surface area contributed by atoms with Crippen molar-refractivity contribution in [2.45, 2.75) is 37.8 Å². The van der Waals surface area contributed by atoms with Gasteiger partial charge < -0.3 is 0 Å². The number of benzene rings is 2. The smallest absolute Gasteiger partial charge is 0.147 e. The summed E-state index contributed by atoms with van der Waals surface area (Å²) in [6.07, 6.45) is 7.13.